The number of fused-ring (bicyclic) bond motifs is 1. The first kappa shape index (κ1) is 13.6. The molecule has 112 valence electrons. The highest BCUT2D eigenvalue weighted by atomic mass is 35.5. The van der Waals surface area contributed by atoms with Crippen LogP contribution in [0.5, 0.6) is 0 Å². The minimum absolute atomic E-state index is 0.0681. The zero-order valence-corrected chi connectivity index (χ0v) is 12.9. The molecule has 1 aliphatic carbocycles. The fourth-order valence-corrected chi connectivity index (χ4v) is 3.79. The highest BCUT2D eigenvalue weighted by Gasteiger charge is 2.47. The maximum absolute atomic E-state index is 13.1. The molecule has 0 bridgehead atoms. The molecule has 1 saturated carbocycles. The van der Waals surface area contributed by atoms with Crippen LogP contribution >= 0.6 is 11.6 Å². The number of anilines is 2. The lowest BCUT2D eigenvalue weighted by atomic mass is 9.96. The van der Waals surface area contributed by atoms with Crippen LogP contribution in [0.4, 0.5) is 11.4 Å². The van der Waals surface area contributed by atoms with Gasteiger partial charge in [-0.25, -0.2) is 0 Å². The fourth-order valence-electron chi connectivity index (χ4n) is 3.66. The first-order valence-electron chi connectivity index (χ1n) is 7.67. The van der Waals surface area contributed by atoms with Gasteiger partial charge in [0.2, 0.25) is 0 Å². The van der Waals surface area contributed by atoms with Gasteiger partial charge in [0, 0.05) is 16.4 Å². The van der Waals surface area contributed by atoms with E-state index < -0.39 is 0 Å². The van der Waals surface area contributed by atoms with Gasteiger partial charge in [-0.1, -0.05) is 23.7 Å². The van der Waals surface area contributed by atoms with Crippen molar-refractivity contribution in [2.75, 3.05) is 10.2 Å². The maximum Gasteiger partial charge on any atom is 0.262 e. The van der Waals surface area contributed by atoms with Gasteiger partial charge in [0.05, 0.1) is 5.56 Å². The summed E-state index contributed by atoms with van der Waals surface area (Å²) in [5, 5.41) is 4.32. The standard InChI is InChI=1S/C18H17ClN2O/c19-13-7-9-14(10-8-13)21-17(22)15-5-1-2-6-16(15)20-18(21)11-3-4-12-18/h1-2,5-10,20H,3-4,11-12H2. The van der Waals surface area contributed by atoms with Crippen molar-refractivity contribution in [3.63, 3.8) is 0 Å². The zero-order valence-electron chi connectivity index (χ0n) is 12.2. The topological polar surface area (TPSA) is 32.3 Å². The minimum atomic E-state index is -0.306. The van der Waals surface area contributed by atoms with Crippen molar-refractivity contribution in [3.8, 4) is 0 Å². The van der Waals surface area contributed by atoms with E-state index in [1.54, 1.807) is 0 Å². The Bertz CT molecular complexity index is 720. The third-order valence-electron chi connectivity index (χ3n) is 4.67. The van der Waals surface area contributed by atoms with E-state index in [-0.39, 0.29) is 11.6 Å². The van der Waals surface area contributed by atoms with Crippen LogP contribution in [0.25, 0.3) is 0 Å². The Morgan fingerprint density at radius 3 is 2.41 bits per heavy atom. The van der Waals surface area contributed by atoms with Crippen molar-refractivity contribution < 1.29 is 4.79 Å². The smallest absolute Gasteiger partial charge is 0.262 e. The third-order valence-corrected chi connectivity index (χ3v) is 4.92. The van der Waals surface area contributed by atoms with Crippen molar-refractivity contribution in [2.24, 2.45) is 0 Å². The van der Waals surface area contributed by atoms with Gasteiger partial charge in [0.1, 0.15) is 5.66 Å². The number of benzene rings is 2. The van der Waals surface area contributed by atoms with Crippen LogP contribution in [0.1, 0.15) is 36.0 Å². The average molecular weight is 313 g/mol. The Hall–Kier alpha value is -2.00. The van der Waals surface area contributed by atoms with Crippen molar-refractivity contribution >= 4 is 28.9 Å². The second-order valence-electron chi connectivity index (χ2n) is 6.03. The Morgan fingerprint density at radius 2 is 1.68 bits per heavy atom. The predicted molar refractivity (Wildman–Crippen MR) is 89.5 cm³/mol. The summed E-state index contributed by atoms with van der Waals surface area (Å²) in [6, 6.07) is 15.3. The quantitative estimate of drug-likeness (QED) is 0.829. The Morgan fingerprint density at radius 1 is 1.00 bits per heavy atom. The highest BCUT2D eigenvalue weighted by molar-refractivity contribution is 6.30. The normalized spacial score (nSPS) is 19.1. The molecular formula is C18H17ClN2O. The van der Waals surface area contributed by atoms with E-state index in [2.05, 4.69) is 5.32 Å². The molecule has 0 atom stereocenters. The van der Waals surface area contributed by atoms with Crippen LogP contribution in [0, 0.1) is 0 Å². The molecule has 3 nitrogen and oxygen atoms in total. The van der Waals surface area contributed by atoms with Crippen molar-refractivity contribution in [3.05, 3.63) is 59.1 Å². The van der Waals surface area contributed by atoms with Crippen LogP contribution in [0.3, 0.4) is 0 Å². The number of amides is 1. The summed E-state index contributed by atoms with van der Waals surface area (Å²) < 4.78 is 0. The molecule has 1 amide bonds. The van der Waals surface area contributed by atoms with E-state index >= 15 is 0 Å². The molecule has 1 fully saturated rings. The lowest BCUT2D eigenvalue weighted by molar-refractivity contribution is 0.0954. The second kappa shape index (κ2) is 5.03. The monoisotopic (exact) mass is 312 g/mol. The summed E-state index contributed by atoms with van der Waals surface area (Å²) in [5.41, 5.74) is 2.27. The summed E-state index contributed by atoms with van der Waals surface area (Å²) in [5.74, 6) is 0.0681. The van der Waals surface area contributed by atoms with Crippen molar-refractivity contribution in [1.82, 2.24) is 0 Å². The summed E-state index contributed by atoms with van der Waals surface area (Å²) in [7, 11) is 0. The Kier molecular flexibility index (Phi) is 3.12. The maximum atomic E-state index is 13.1. The first-order chi connectivity index (χ1) is 10.7. The molecule has 1 spiro atoms. The van der Waals surface area contributed by atoms with Crippen LogP contribution in [-0.2, 0) is 0 Å². The van der Waals surface area contributed by atoms with E-state index in [4.69, 9.17) is 11.6 Å². The molecule has 1 aliphatic heterocycles. The predicted octanol–water partition coefficient (Wildman–Crippen LogP) is 4.68. The molecule has 2 aromatic carbocycles. The van der Waals surface area contributed by atoms with Gasteiger partial charge >= 0.3 is 0 Å². The molecule has 1 N–H and O–H groups in total. The lowest BCUT2D eigenvalue weighted by Gasteiger charge is -2.46. The molecular weight excluding hydrogens is 296 g/mol. The number of rotatable bonds is 1. The van der Waals surface area contributed by atoms with E-state index in [1.807, 2.05) is 53.4 Å². The largest absolute Gasteiger partial charge is 0.362 e. The number of hydrogen-bond donors (Lipinski definition) is 1. The number of nitrogens with zero attached hydrogens (tertiary/aromatic N) is 1. The number of para-hydroxylation sites is 1. The third kappa shape index (κ3) is 2.00. The van der Waals surface area contributed by atoms with E-state index in [0.29, 0.717) is 5.02 Å². The number of carbonyl (C=O) groups excluding carboxylic acids is 1. The number of halogens is 1. The van der Waals surface area contributed by atoms with E-state index in [9.17, 15) is 4.79 Å². The number of nitrogens with one attached hydrogen (secondary N) is 1. The van der Waals surface area contributed by atoms with Gasteiger partial charge in [0.15, 0.2) is 0 Å². The van der Waals surface area contributed by atoms with Crippen LogP contribution < -0.4 is 10.2 Å². The second-order valence-corrected chi connectivity index (χ2v) is 6.46. The SMILES string of the molecule is O=C1c2ccccc2NC2(CCCC2)N1c1ccc(Cl)cc1. The summed E-state index contributed by atoms with van der Waals surface area (Å²) in [6.07, 6.45) is 4.20. The molecule has 4 rings (SSSR count). The van der Waals surface area contributed by atoms with Gasteiger partial charge in [-0.2, -0.15) is 0 Å². The van der Waals surface area contributed by atoms with Gasteiger partial charge < -0.3 is 5.32 Å². The van der Waals surface area contributed by atoms with Crippen molar-refractivity contribution in [2.45, 2.75) is 31.3 Å². The summed E-state index contributed by atoms with van der Waals surface area (Å²) >= 11 is 6.00. The van der Waals surface area contributed by atoms with Gasteiger partial charge in [-0.15, -0.1) is 0 Å². The average Bonchev–Trinajstić information content (AvgIpc) is 2.98. The zero-order chi connectivity index (χ0) is 15.2. The molecule has 22 heavy (non-hydrogen) atoms. The first-order valence-corrected chi connectivity index (χ1v) is 8.05. The van der Waals surface area contributed by atoms with Gasteiger partial charge in [0.25, 0.3) is 5.91 Å². The van der Waals surface area contributed by atoms with Gasteiger partial charge in [-0.3, -0.25) is 9.69 Å². The Balaban J connectivity index is 1.86. The van der Waals surface area contributed by atoms with Crippen LogP contribution in [-0.4, -0.2) is 11.6 Å². The molecule has 0 unspecified atom stereocenters. The van der Waals surface area contributed by atoms with Crippen molar-refractivity contribution in [1.29, 1.82) is 0 Å². The van der Waals surface area contributed by atoms with Gasteiger partial charge in [-0.05, 0) is 62.1 Å². The fraction of sp³-hybridized carbons (Fsp3) is 0.278. The van der Waals surface area contributed by atoms with Crippen LogP contribution in [0.2, 0.25) is 5.02 Å². The molecule has 4 heteroatoms. The van der Waals surface area contributed by atoms with Crippen LogP contribution in [0.15, 0.2) is 48.5 Å². The minimum Gasteiger partial charge on any atom is -0.362 e. The molecule has 2 aliphatic rings. The Labute approximate surface area is 134 Å². The summed E-state index contributed by atoms with van der Waals surface area (Å²) in [6.45, 7) is 0. The van der Waals surface area contributed by atoms with E-state index in [0.717, 1.165) is 42.6 Å². The number of hydrogen-bond acceptors (Lipinski definition) is 2. The lowest BCUT2D eigenvalue weighted by Crippen LogP contribution is -2.58. The molecule has 2 aromatic rings. The number of carbonyl (C=O) groups is 1. The highest BCUT2D eigenvalue weighted by Crippen LogP contribution is 2.43. The molecule has 0 aromatic heterocycles. The molecule has 0 saturated heterocycles. The summed E-state index contributed by atoms with van der Waals surface area (Å²) in [4.78, 5) is 15.0. The van der Waals surface area contributed by atoms with E-state index in [1.165, 1.54) is 0 Å². The molecule has 0 radical (unpaired) electrons. The molecule has 1 heterocycles.